The molecule has 0 atom stereocenters. The normalized spacial score (nSPS) is 11.2. The van der Waals surface area contributed by atoms with Crippen molar-refractivity contribution in [3.8, 4) is 0 Å². The molecule has 0 fully saturated rings. The van der Waals surface area contributed by atoms with Crippen LogP contribution in [-0.2, 0) is 0 Å². The van der Waals surface area contributed by atoms with Crippen LogP contribution in [0.2, 0.25) is 0 Å². The molecule has 0 spiro atoms. The van der Waals surface area contributed by atoms with Crippen LogP contribution in [0.25, 0.3) is 10.9 Å². The van der Waals surface area contributed by atoms with Gasteiger partial charge in [0.25, 0.3) is 5.69 Å². The van der Waals surface area contributed by atoms with E-state index in [1.54, 1.807) is 18.5 Å². The molecule has 0 amide bonds. The monoisotopic (exact) mass is 353 g/mol. The number of anilines is 2. The summed E-state index contributed by atoms with van der Waals surface area (Å²) in [6.07, 6.45) is 4.84. The fourth-order valence-electron chi connectivity index (χ4n) is 2.65. The first-order valence-corrected chi connectivity index (χ1v) is 8.24. The zero-order valence-corrected chi connectivity index (χ0v) is 14.5. The van der Waals surface area contributed by atoms with Gasteiger partial charge in [0.1, 0.15) is 12.1 Å². The van der Waals surface area contributed by atoms with Crippen molar-refractivity contribution in [2.45, 2.75) is 13.8 Å². The Kier molecular flexibility index (Phi) is 5.07. The third-order valence-corrected chi connectivity index (χ3v) is 4.03. The summed E-state index contributed by atoms with van der Waals surface area (Å²) in [6.45, 7) is 5.83. The van der Waals surface area contributed by atoms with Gasteiger partial charge in [0.15, 0.2) is 5.82 Å². The molecule has 0 saturated heterocycles. The van der Waals surface area contributed by atoms with Gasteiger partial charge in [-0.05, 0) is 19.9 Å². The van der Waals surface area contributed by atoms with Gasteiger partial charge in [0, 0.05) is 54.0 Å². The van der Waals surface area contributed by atoms with Crippen molar-refractivity contribution in [3.05, 3.63) is 52.5 Å². The van der Waals surface area contributed by atoms with Crippen LogP contribution in [0.3, 0.4) is 0 Å². The molecule has 0 bridgehead atoms. The SMILES string of the molecule is CCN(CC)c1cc(N/N=C/c2c[nH]c3ccc([N+](=O)[O-])cc23)ncn1. The van der Waals surface area contributed by atoms with E-state index >= 15 is 0 Å². The molecule has 0 unspecified atom stereocenters. The lowest BCUT2D eigenvalue weighted by atomic mass is 10.2. The van der Waals surface area contributed by atoms with E-state index in [-0.39, 0.29) is 5.69 Å². The van der Waals surface area contributed by atoms with Crippen molar-refractivity contribution in [2.75, 3.05) is 23.4 Å². The highest BCUT2D eigenvalue weighted by atomic mass is 16.6. The second-order valence-electron chi connectivity index (χ2n) is 5.53. The molecule has 26 heavy (non-hydrogen) atoms. The predicted octanol–water partition coefficient (Wildman–Crippen LogP) is 3.16. The van der Waals surface area contributed by atoms with Crippen LogP contribution in [-0.4, -0.2) is 39.2 Å². The van der Waals surface area contributed by atoms with Crippen molar-refractivity contribution in [2.24, 2.45) is 5.10 Å². The minimum absolute atomic E-state index is 0.0411. The highest BCUT2D eigenvalue weighted by molar-refractivity contribution is 6.00. The third-order valence-electron chi connectivity index (χ3n) is 4.03. The van der Waals surface area contributed by atoms with Crippen LogP contribution in [0.4, 0.5) is 17.3 Å². The summed E-state index contributed by atoms with van der Waals surface area (Å²) in [5.74, 6) is 1.40. The molecule has 2 heterocycles. The van der Waals surface area contributed by atoms with Crippen LogP contribution >= 0.6 is 0 Å². The Hall–Kier alpha value is -3.49. The molecule has 3 aromatic rings. The summed E-state index contributed by atoms with van der Waals surface area (Å²) >= 11 is 0. The second kappa shape index (κ2) is 7.60. The van der Waals surface area contributed by atoms with Crippen LogP contribution < -0.4 is 10.3 Å². The van der Waals surface area contributed by atoms with Crippen LogP contribution in [0.5, 0.6) is 0 Å². The smallest absolute Gasteiger partial charge is 0.270 e. The number of hydrogen-bond donors (Lipinski definition) is 2. The topological polar surface area (TPSA) is 112 Å². The Morgan fingerprint density at radius 2 is 2.12 bits per heavy atom. The largest absolute Gasteiger partial charge is 0.360 e. The standard InChI is InChI=1S/C17H19N7O2/c1-3-23(4-2)17-8-16(19-11-20-17)22-21-10-12-9-18-15-6-5-13(24(25)26)7-14(12)15/h5-11,18H,3-4H2,1-2H3,(H,19,20,22)/b21-10+. The number of aromatic amines is 1. The van der Waals surface area contributed by atoms with Gasteiger partial charge in [-0.3, -0.25) is 15.5 Å². The Morgan fingerprint density at radius 3 is 2.85 bits per heavy atom. The van der Waals surface area contributed by atoms with Crippen molar-refractivity contribution < 1.29 is 4.92 Å². The van der Waals surface area contributed by atoms with Crippen molar-refractivity contribution in [1.29, 1.82) is 0 Å². The molecule has 9 nitrogen and oxygen atoms in total. The Labute approximate surface area is 149 Å². The maximum absolute atomic E-state index is 10.9. The van der Waals surface area contributed by atoms with Crippen LogP contribution in [0, 0.1) is 10.1 Å². The van der Waals surface area contributed by atoms with Crippen molar-refractivity contribution >= 4 is 34.4 Å². The quantitative estimate of drug-likeness (QED) is 0.383. The molecule has 0 radical (unpaired) electrons. The number of non-ortho nitro benzene ring substituents is 1. The van der Waals surface area contributed by atoms with E-state index in [1.165, 1.54) is 18.5 Å². The Bertz CT molecular complexity index is 947. The molecule has 2 N–H and O–H groups in total. The van der Waals surface area contributed by atoms with E-state index in [1.807, 2.05) is 6.07 Å². The Morgan fingerprint density at radius 1 is 1.31 bits per heavy atom. The number of fused-ring (bicyclic) bond motifs is 1. The average molecular weight is 353 g/mol. The van der Waals surface area contributed by atoms with Gasteiger partial charge < -0.3 is 9.88 Å². The average Bonchev–Trinajstić information content (AvgIpc) is 3.05. The first-order chi connectivity index (χ1) is 12.6. The number of nitro groups is 1. The van der Waals surface area contributed by atoms with E-state index in [9.17, 15) is 10.1 Å². The van der Waals surface area contributed by atoms with Gasteiger partial charge in [0.2, 0.25) is 0 Å². The molecular formula is C17H19N7O2. The lowest BCUT2D eigenvalue weighted by Crippen LogP contribution is -2.23. The fraction of sp³-hybridized carbons (Fsp3) is 0.235. The molecule has 0 saturated carbocycles. The zero-order valence-electron chi connectivity index (χ0n) is 14.5. The first kappa shape index (κ1) is 17.3. The lowest BCUT2D eigenvalue weighted by Gasteiger charge is -2.19. The van der Waals surface area contributed by atoms with E-state index in [0.29, 0.717) is 5.82 Å². The summed E-state index contributed by atoms with van der Waals surface area (Å²) in [4.78, 5) is 24.1. The van der Waals surface area contributed by atoms with Gasteiger partial charge in [0.05, 0.1) is 11.1 Å². The minimum Gasteiger partial charge on any atom is -0.360 e. The number of H-pyrrole nitrogens is 1. The first-order valence-electron chi connectivity index (χ1n) is 8.24. The molecule has 1 aromatic carbocycles. The number of benzene rings is 1. The van der Waals surface area contributed by atoms with E-state index < -0.39 is 4.92 Å². The Balaban J connectivity index is 1.79. The fourth-order valence-corrected chi connectivity index (χ4v) is 2.65. The van der Waals surface area contributed by atoms with E-state index in [0.717, 1.165) is 35.4 Å². The van der Waals surface area contributed by atoms with Gasteiger partial charge in [-0.2, -0.15) is 5.10 Å². The van der Waals surface area contributed by atoms with Gasteiger partial charge in [-0.15, -0.1) is 0 Å². The molecule has 9 heteroatoms. The maximum Gasteiger partial charge on any atom is 0.270 e. The molecule has 0 aliphatic carbocycles. The van der Waals surface area contributed by atoms with Gasteiger partial charge in [-0.25, -0.2) is 9.97 Å². The number of aromatic nitrogens is 3. The van der Waals surface area contributed by atoms with Gasteiger partial charge in [-0.1, -0.05) is 0 Å². The number of hydrogen-bond acceptors (Lipinski definition) is 7. The number of nitrogens with one attached hydrogen (secondary N) is 2. The molecule has 0 aliphatic rings. The summed E-state index contributed by atoms with van der Waals surface area (Å²) in [5, 5.41) is 15.9. The third kappa shape index (κ3) is 3.61. The zero-order chi connectivity index (χ0) is 18.5. The second-order valence-corrected chi connectivity index (χ2v) is 5.53. The molecular weight excluding hydrogens is 334 g/mol. The molecule has 2 aromatic heterocycles. The summed E-state index contributed by atoms with van der Waals surface area (Å²) in [6, 6.07) is 6.49. The summed E-state index contributed by atoms with van der Waals surface area (Å²) in [7, 11) is 0. The number of rotatable bonds is 7. The summed E-state index contributed by atoms with van der Waals surface area (Å²) < 4.78 is 0. The minimum atomic E-state index is -0.415. The molecule has 3 rings (SSSR count). The molecule has 134 valence electrons. The van der Waals surface area contributed by atoms with Crippen molar-refractivity contribution in [3.63, 3.8) is 0 Å². The van der Waals surface area contributed by atoms with E-state index in [4.69, 9.17) is 0 Å². The predicted molar refractivity (Wildman–Crippen MR) is 102 cm³/mol. The van der Waals surface area contributed by atoms with E-state index in [2.05, 4.69) is 44.2 Å². The number of hydrazone groups is 1. The lowest BCUT2D eigenvalue weighted by molar-refractivity contribution is -0.384. The highest BCUT2D eigenvalue weighted by Gasteiger charge is 2.09. The van der Waals surface area contributed by atoms with Crippen LogP contribution in [0.1, 0.15) is 19.4 Å². The van der Waals surface area contributed by atoms with Crippen LogP contribution in [0.15, 0.2) is 41.9 Å². The van der Waals surface area contributed by atoms with Crippen molar-refractivity contribution in [1.82, 2.24) is 15.0 Å². The van der Waals surface area contributed by atoms with Gasteiger partial charge >= 0.3 is 0 Å². The molecule has 0 aliphatic heterocycles. The number of nitrogens with zero attached hydrogens (tertiary/aromatic N) is 5. The highest BCUT2D eigenvalue weighted by Crippen LogP contribution is 2.22. The maximum atomic E-state index is 10.9. The summed E-state index contributed by atoms with van der Waals surface area (Å²) in [5.41, 5.74) is 4.47. The number of nitro benzene ring substituents is 1.